The van der Waals surface area contributed by atoms with Crippen molar-refractivity contribution in [1.82, 2.24) is 9.38 Å². The monoisotopic (exact) mass is 275 g/mol. The van der Waals surface area contributed by atoms with E-state index in [0.29, 0.717) is 22.7 Å². The molecular formula is C14H11ClFN3. The highest BCUT2D eigenvalue weighted by Crippen LogP contribution is 2.31. The maximum Gasteiger partial charge on any atom is 0.151 e. The maximum absolute atomic E-state index is 14.0. The van der Waals surface area contributed by atoms with E-state index in [4.69, 9.17) is 17.3 Å². The van der Waals surface area contributed by atoms with Gasteiger partial charge in [-0.1, -0.05) is 17.7 Å². The van der Waals surface area contributed by atoms with Gasteiger partial charge in [-0.05, 0) is 36.8 Å². The van der Waals surface area contributed by atoms with Gasteiger partial charge >= 0.3 is 0 Å². The highest BCUT2D eigenvalue weighted by molar-refractivity contribution is 6.31. The summed E-state index contributed by atoms with van der Waals surface area (Å²) in [5, 5.41) is 0.0603. The Morgan fingerprint density at radius 3 is 2.89 bits per heavy atom. The van der Waals surface area contributed by atoms with Crippen LogP contribution < -0.4 is 5.73 Å². The molecule has 5 heteroatoms. The zero-order valence-electron chi connectivity index (χ0n) is 10.2. The summed E-state index contributed by atoms with van der Waals surface area (Å²) in [7, 11) is 0. The number of benzene rings is 1. The van der Waals surface area contributed by atoms with Gasteiger partial charge in [-0.2, -0.15) is 0 Å². The number of imidazole rings is 1. The zero-order chi connectivity index (χ0) is 13.6. The Balaban J connectivity index is 2.31. The molecule has 0 radical (unpaired) electrons. The van der Waals surface area contributed by atoms with E-state index in [1.165, 1.54) is 6.07 Å². The van der Waals surface area contributed by atoms with Crippen molar-refractivity contribution in [2.45, 2.75) is 6.92 Å². The topological polar surface area (TPSA) is 43.3 Å². The number of nitrogens with two attached hydrogens (primary N) is 1. The fraction of sp³-hybridized carbons (Fsp3) is 0.0714. The van der Waals surface area contributed by atoms with E-state index < -0.39 is 5.82 Å². The minimum Gasteiger partial charge on any atom is -0.383 e. The van der Waals surface area contributed by atoms with Gasteiger partial charge in [-0.25, -0.2) is 9.37 Å². The lowest BCUT2D eigenvalue weighted by Gasteiger charge is -2.02. The first-order chi connectivity index (χ1) is 9.08. The molecule has 0 spiro atoms. The lowest BCUT2D eigenvalue weighted by molar-refractivity contribution is 0.631. The van der Waals surface area contributed by atoms with Crippen LogP contribution in [0.15, 0.2) is 36.5 Å². The molecule has 2 heterocycles. The molecular weight excluding hydrogens is 265 g/mol. The van der Waals surface area contributed by atoms with E-state index >= 15 is 0 Å². The largest absolute Gasteiger partial charge is 0.383 e. The van der Waals surface area contributed by atoms with Crippen molar-refractivity contribution < 1.29 is 4.39 Å². The predicted molar refractivity (Wildman–Crippen MR) is 74.7 cm³/mol. The van der Waals surface area contributed by atoms with Crippen LogP contribution >= 0.6 is 11.6 Å². The molecule has 0 unspecified atom stereocenters. The highest BCUT2D eigenvalue weighted by Gasteiger charge is 2.16. The smallest absolute Gasteiger partial charge is 0.151 e. The Labute approximate surface area is 114 Å². The molecule has 96 valence electrons. The van der Waals surface area contributed by atoms with Gasteiger partial charge in [0.25, 0.3) is 0 Å². The molecule has 3 aromatic rings. The molecule has 0 aliphatic carbocycles. The molecule has 2 aromatic heterocycles. The molecule has 2 N–H and O–H groups in total. The van der Waals surface area contributed by atoms with Gasteiger partial charge in [0, 0.05) is 11.8 Å². The number of aryl methyl sites for hydroxylation is 1. The number of anilines is 1. The van der Waals surface area contributed by atoms with Crippen LogP contribution in [0.25, 0.3) is 16.9 Å². The number of nitrogens with zero attached hydrogens (tertiary/aromatic N) is 2. The van der Waals surface area contributed by atoms with Crippen LogP contribution in [0.4, 0.5) is 10.2 Å². The lowest BCUT2D eigenvalue weighted by atomic mass is 10.1. The summed E-state index contributed by atoms with van der Waals surface area (Å²) >= 11 is 5.79. The molecule has 0 saturated carbocycles. The quantitative estimate of drug-likeness (QED) is 0.736. The Morgan fingerprint density at radius 2 is 2.11 bits per heavy atom. The minimum absolute atomic E-state index is 0.0603. The zero-order valence-corrected chi connectivity index (χ0v) is 10.9. The van der Waals surface area contributed by atoms with E-state index in [1.807, 2.05) is 25.3 Å². The van der Waals surface area contributed by atoms with Crippen molar-refractivity contribution in [2.75, 3.05) is 5.73 Å². The molecule has 0 aliphatic heterocycles. The summed E-state index contributed by atoms with van der Waals surface area (Å²) in [6.07, 6.45) is 1.82. The molecule has 1 aromatic carbocycles. The average Bonchev–Trinajstić information content (AvgIpc) is 2.69. The van der Waals surface area contributed by atoms with E-state index in [9.17, 15) is 4.39 Å². The number of rotatable bonds is 1. The summed E-state index contributed by atoms with van der Waals surface area (Å²) in [4.78, 5) is 4.38. The molecule has 0 bridgehead atoms. The number of hydrogen-bond acceptors (Lipinski definition) is 2. The number of pyridine rings is 1. The van der Waals surface area contributed by atoms with E-state index in [2.05, 4.69) is 4.98 Å². The van der Waals surface area contributed by atoms with Gasteiger partial charge in [0.2, 0.25) is 0 Å². The van der Waals surface area contributed by atoms with Crippen LogP contribution in [-0.2, 0) is 0 Å². The van der Waals surface area contributed by atoms with Crippen molar-refractivity contribution in [2.24, 2.45) is 0 Å². The summed E-state index contributed by atoms with van der Waals surface area (Å²) < 4.78 is 15.8. The maximum atomic E-state index is 14.0. The SMILES string of the molecule is Cc1ccn2c(N)c(-c3cccc(Cl)c3F)nc2c1. The number of hydrogen-bond donors (Lipinski definition) is 1. The molecule has 0 saturated heterocycles. The molecule has 0 atom stereocenters. The first kappa shape index (κ1) is 12.0. The molecule has 0 fully saturated rings. The van der Waals surface area contributed by atoms with Crippen LogP contribution in [-0.4, -0.2) is 9.38 Å². The second-order valence-electron chi connectivity index (χ2n) is 4.38. The first-order valence-corrected chi connectivity index (χ1v) is 6.14. The molecule has 0 aliphatic rings. The average molecular weight is 276 g/mol. The third-order valence-electron chi connectivity index (χ3n) is 3.03. The standard InChI is InChI=1S/C14H11ClFN3/c1-8-5-6-19-11(7-8)18-13(14(19)17)9-3-2-4-10(15)12(9)16/h2-7H,17H2,1H3. The van der Waals surface area contributed by atoms with Crippen molar-refractivity contribution in [3.8, 4) is 11.3 Å². The Kier molecular flexibility index (Phi) is 2.68. The third kappa shape index (κ3) is 1.85. The normalized spacial score (nSPS) is 11.1. The summed E-state index contributed by atoms with van der Waals surface area (Å²) in [5.41, 5.74) is 8.50. The second kappa shape index (κ2) is 4.24. The fourth-order valence-corrected chi connectivity index (χ4v) is 2.22. The van der Waals surface area contributed by atoms with Crippen LogP contribution in [0.2, 0.25) is 5.02 Å². The van der Waals surface area contributed by atoms with Gasteiger partial charge in [0.15, 0.2) is 5.82 Å². The van der Waals surface area contributed by atoms with Gasteiger partial charge in [-0.3, -0.25) is 4.40 Å². The van der Waals surface area contributed by atoms with E-state index in [-0.39, 0.29) is 5.02 Å². The van der Waals surface area contributed by atoms with Crippen molar-refractivity contribution in [1.29, 1.82) is 0 Å². The summed E-state index contributed by atoms with van der Waals surface area (Å²) in [5.74, 6) is -0.104. The number of fused-ring (bicyclic) bond motifs is 1. The van der Waals surface area contributed by atoms with Crippen LogP contribution in [0.3, 0.4) is 0 Å². The fourth-order valence-electron chi connectivity index (χ4n) is 2.05. The third-order valence-corrected chi connectivity index (χ3v) is 3.32. The first-order valence-electron chi connectivity index (χ1n) is 5.76. The van der Waals surface area contributed by atoms with Crippen LogP contribution in [0.1, 0.15) is 5.56 Å². The van der Waals surface area contributed by atoms with Crippen LogP contribution in [0, 0.1) is 12.7 Å². The Hall–Kier alpha value is -2.07. The van der Waals surface area contributed by atoms with Gasteiger partial charge in [0.1, 0.15) is 17.2 Å². The Morgan fingerprint density at radius 1 is 1.32 bits per heavy atom. The second-order valence-corrected chi connectivity index (χ2v) is 4.79. The lowest BCUT2D eigenvalue weighted by Crippen LogP contribution is -1.95. The van der Waals surface area contributed by atoms with Gasteiger partial charge in [-0.15, -0.1) is 0 Å². The molecule has 0 amide bonds. The number of nitrogen functional groups attached to an aromatic ring is 1. The highest BCUT2D eigenvalue weighted by atomic mass is 35.5. The molecule has 3 rings (SSSR count). The predicted octanol–water partition coefficient (Wildman–Crippen LogP) is 3.68. The number of aromatic nitrogens is 2. The van der Waals surface area contributed by atoms with Crippen molar-refractivity contribution in [3.63, 3.8) is 0 Å². The van der Waals surface area contributed by atoms with Crippen molar-refractivity contribution >= 4 is 23.1 Å². The van der Waals surface area contributed by atoms with Crippen LogP contribution in [0.5, 0.6) is 0 Å². The Bertz CT molecular complexity index is 780. The molecule has 19 heavy (non-hydrogen) atoms. The number of halogens is 2. The minimum atomic E-state index is -0.504. The van der Waals surface area contributed by atoms with Gasteiger partial charge in [0.05, 0.1) is 5.02 Å². The summed E-state index contributed by atoms with van der Waals surface area (Å²) in [6.45, 7) is 1.96. The summed E-state index contributed by atoms with van der Waals surface area (Å²) in [6, 6.07) is 8.60. The van der Waals surface area contributed by atoms with E-state index in [1.54, 1.807) is 16.5 Å². The molecule has 3 nitrogen and oxygen atoms in total. The van der Waals surface area contributed by atoms with E-state index in [0.717, 1.165) is 5.56 Å². The van der Waals surface area contributed by atoms with Gasteiger partial charge < -0.3 is 5.73 Å². The van der Waals surface area contributed by atoms with Crippen molar-refractivity contribution in [3.05, 3.63) is 52.9 Å².